The maximum absolute atomic E-state index is 10.5. The number of halogens is 1. The van der Waals surface area contributed by atoms with E-state index in [-0.39, 0.29) is 17.4 Å². The lowest BCUT2D eigenvalue weighted by molar-refractivity contribution is 0.460. The van der Waals surface area contributed by atoms with Gasteiger partial charge in [-0.1, -0.05) is 12.1 Å². The molecule has 1 heterocycles. The molecule has 0 amide bonds. The molecule has 0 bridgehead atoms. The molecular weight excluding hydrogens is 204 g/mol. The van der Waals surface area contributed by atoms with Gasteiger partial charge >= 0.3 is 0 Å². The number of rotatable bonds is 2. The minimum absolute atomic E-state index is 0.0243. The minimum Gasteiger partial charge on any atom is -0.493 e. The molecule has 5 heteroatoms. The van der Waals surface area contributed by atoms with Gasteiger partial charge in [0, 0.05) is 11.3 Å². The van der Waals surface area contributed by atoms with E-state index in [9.17, 15) is 10.0 Å². The summed E-state index contributed by atoms with van der Waals surface area (Å²) < 4.78 is 0. The normalized spacial score (nSPS) is 10.6. The third kappa shape index (κ3) is 1.15. The van der Waals surface area contributed by atoms with Crippen molar-refractivity contribution in [2.45, 2.75) is 5.88 Å². The van der Waals surface area contributed by atoms with Crippen LogP contribution in [0.3, 0.4) is 0 Å². The molecule has 0 aliphatic rings. The van der Waals surface area contributed by atoms with Crippen molar-refractivity contribution >= 4 is 28.2 Å². The van der Waals surface area contributed by atoms with Crippen LogP contribution in [-0.2, 0) is 5.88 Å². The number of nitrogens with one attached hydrogen (secondary N) is 1. The Morgan fingerprint density at radius 2 is 2.29 bits per heavy atom. The molecule has 72 valence electrons. The van der Waals surface area contributed by atoms with Gasteiger partial charge in [-0.3, -0.25) is 0 Å². The number of nitroso groups, excluding NO2 is 1. The first kappa shape index (κ1) is 9.02. The van der Waals surface area contributed by atoms with Crippen LogP contribution in [0.5, 0.6) is 5.88 Å². The van der Waals surface area contributed by atoms with E-state index in [0.29, 0.717) is 10.9 Å². The molecule has 0 spiro atoms. The highest BCUT2D eigenvalue weighted by Gasteiger charge is 2.13. The Balaban J connectivity index is 2.89. The van der Waals surface area contributed by atoms with Gasteiger partial charge in [-0.15, -0.1) is 16.5 Å². The first-order valence-electron chi connectivity index (χ1n) is 3.99. The van der Waals surface area contributed by atoms with Gasteiger partial charge in [0.2, 0.25) is 5.88 Å². The molecule has 0 aliphatic carbocycles. The predicted octanol–water partition coefficient (Wildman–Crippen LogP) is 3.01. The van der Waals surface area contributed by atoms with Crippen molar-refractivity contribution in [1.82, 2.24) is 4.98 Å². The summed E-state index contributed by atoms with van der Waals surface area (Å²) in [7, 11) is 0. The number of fused-ring (bicyclic) bond motifs is 1. The van der Waals surface area contributed by atoms with Crippen molar-refractivity contribution in [2.75, 3.05) is 0 Å². The maximum atomic E-state index is 10.5. The molecule has 2 aromatic rings. The van der Waals surface area contributed by atoms with Crippen molar-refractivity contribution in [3.8, 4) is 5.88 Å². The molecule has 0 saturated heterocycles. The summed E-state index contributed by atoms with van der Waals surface area (Å²) in [5.74, 6) is 0.0597. The van der Waals surface area contributed by atoms with Crippen LogP contribution in [0.25, 0.3) is 10.9 Å². The number of H-pyrrole nitrogens is 1. The summed E-state index contributed by atoms with van der Waals surface area (Å²) >= 11 is 5.70. The molecule has 2 N–H and O–H groups in total. The summed E-state index contributed by atoms with van der Waals surface area (Å²) in [5.41, 5.74) is 1.46. The van der Waals surface area contributed by atoms with E-state index in [1.165, 1.54) is 0 Å². The smallest absolute Gasteiger partial charge is 0.219 e. The van der Waals surface area contributed by atoms with Crippen LogP contribution in [0, 0.1) is 4.91 Å². The average Bonchev–Trinajstić information content (AvgIpc) is 2.52. The zero-order valence-corrected chi connectivity index (χ0v) is 7.88. The summed E-state index contributed by atoms with van der Waals surface area (Å²) in [4.78, 5) is 13.2. The number of aromatic nitrogens is 1. The minimum atomic E-state index is -0.215. The quantitative estimate of drug-likeness (QED) is 0.591. The third-order valence-corrected chi connectivity index (χ3v) is 2.39. The fraction of sp³-hybridized carbons (Fsp3) is 0.111. The maximum Gasteiger partial charge on any atom is 0.219 e. The van der Waals surface area contributed by atoms with E-state index in [2.05, 4.69) is 10.2 Å². The average molecular weight is 211 g/mol. The lowest BCUT2D eigenvalue weighted by atomic mass is 10.1. The lowest BCUT2D eigenvalue weighted by Gasteiger charge is -1.96. The van der Waals surface area contributed by atoms with Gasteiger partial charge in [0.25, 0.3) is 0 Å². The molecule has 2 rings (SSSR count). The largest absolute Gasteiger partial charge is 0.493 e. The fourth-order valence-electron chi connectivity index (χ4n) is 1.49. The standard InChI is InChI=1S/C9H7ClN2O2/c10-4-5-2-1-3-6-7(5)8(12-14)9(13)11-6/h1-3,11,13H,4H2. The van der Waals surface area contributed by atoms with Gasteiger partial charge in [-0.05, 0) is 16.8 Å². The Hall–Kier alpha value is -1.55. The highest BCUT2D eigenvalue weighted by atomic mass is 35.5. The molecule has 0 radical (unpaired) electrons. The number of aromatic amines is 1. The molecule has 0 saturated carbocycles. The van der Waals surface area contributed by atoms with Crippen molar-refractivity contribution in [2.24, 2.45) is 5.18 Å². The second-order valence-electron chi connectivity index (χ2n) is 2.89. The van der Waals surface area contributed by atoms with Gasteiger partial charge in [0.05, 0.1) is 5.52 Å². The third-order valence-electron chi connectivity index (χ3n) is 2.10. The van der Waals surface area contributed by atoms with E-state index >= 15 is 0 Å². The molecule has 14 heavy (non-hydrogen) atoms. The molecule has 0 unspecified atom stereocenters. The van der Waals surface area contributed by atoms with E-state index in [0.717, 1.165) is 5.56 Å². The number of aromatic hydroxyl groups is 1. The summed E-state index contributed by atoms with van der Waals surface area (Å²) in [6, 6.07) is 5.33. The number of hydrogen-bond donors (Lipinski definition) is 2. The molecule has 0 aliphatic heterocycles. The summed E-state index contributed by atoms with van der Waals surface area (Å²) in [6.45, 7) is 0. The van der Waals surface area contributed by atoms with Crippen LogP contribution in [0.4, 0.5) is 5.69 Å². The lowest BCUT2D eigenvalue weighted by Crippen LogP contribution is -1.78. The number of benzene rings is 1. The molecule has 0 fully saturated rings. The second-order valence-corrected chi connectivity index (χ2v) is 3.15. The van der Waals surface area contributed by atoms with E-state index < -0.39 is 0 Å². The van der Waals surface area contributed by atoms with Crippen molar-refractivity contribution < 1.29 is 5.11 Å². The Labute approximate surface area is 84.5 Å². The van der Waals surface area contributed by atoms with Crippen LogP contribution < -0.4 is 0 Å². The summed E-state index contributed by atoms with van der Waals surface area (Å²) in [6.07, 6.45) is 0. The van der Waals surface area contributed by atoms with E-state index in [1.807, 2.05) is 0 Å². The van der Waals surface area contributed by atoms with Gasteiger partial charge in [0.1, 0.15) is 0 Å². The van der Waals surface area contributed by atoms with Crippen LogP contribution in [0.2, 0.25) is 0 Å². The van der Waals surface area contributed by atoms with Gasteiger partial charge < -0.3 is 10.1 Å². The van der Waals surface area contributed by atoms with Crippen molar-refractivity contribution in [1.29, 1.82) is 0 Å². The highest BCUT2D eigenvalue weighted by Crippen LogP contribution is 2.37. The molecule has 0 atom stereocenters. The Morgan fingerprint density at radius 3 is 2.93 bits per heavy atom. The summed E-state index contributed by atoms with van der Waals surface area (Å²) in [5, 5.41) is 12.7. The van der Waals surface area contributed by atoms with Gasteiger partial charge in [-0.25, -0.2) is 0 Å². The molecular formula is C9H7ClN2O2. The number of nitrogens with zero attached hydrogens (tertiary/aromatic N) is 1. The Bertz CT molecular complexity index is 493. The zero-order chi connectivity index (χ0) is 10.1. The Kier molecular flexibility index (Phi) is 2.13. The molecule has 1 aromatic carbocycles. The zero-order valence-electron chi connectivity index (χ0n) is 7.12. The highest BCUT2D eigenvalue weighted by molar-refractivity contribution is 6.18. The van der Waals surface area contributed by atoms with Crippen LogP contribution in [0.1, 0.15) is 5.56 Å². The van der Waals surface area contributed by atoms with Crippen molar-refractivity contribution in [3.05, 3.63) is 28.7 Å². The van der Waals surface area contributed by atoms with Crippen molar-refractivity contribution in [3.63, 3.8) is 0 Å². The molecule has 1 aromatic heterocycles. The monoisotopic (exact) mass is 210 g/mol. The topological polar surface area (TPSA) is 65.4 Å². The van der Waals surface area contributed by atoms with Gasteiger partial charge in [0.15, 0.2) is 5.69 Å². The van der Waals surface area contributed by atoms with E-state index in [4.69, 9.17) is 11.6 Å². The second kappa shape index (κ2) is 3.31. The van der Waals surface area contributed by atoms with Crippen LogP contribution >= 0.6 is 11.6 Å². The van der Waals surface area contributed by atoms with E-state index in [1.54, 1.807) is 18.2 Å². The SMILES string of the molecule is O=Nc1c(O)[nH]c2cccc(CCl)c12. The number of hydrogen-bond acceptors (Lipinski definition) is 3. The number of alkyl halides is 1. The molecule has 4 nitrogen and oxygen atoms in total. The van der Waals surface area contributed by atoms with Gasteiger partial charge in [-0.2, -0.15) is 0 Å². The Morgan fingerprint density at radius 1 is 1.50 bits per heavy atom. The first-order valence-corrected chi connectivity index (χ1v) is 4.53. The van der Waals surface area contributed by atoms with Crippen LogP contribution in [0.15, 0.2) is 23.4 Å². The predicted molar refractivity (Wildman–Crippen MR) is 55.0 cm³/mol. The fourth-order valence-corrected chi connectivity index (χ4v) is 1.71. The van der Waals surface area contributed by atoms with Crippen LogP contribution in [-0.4, -0.2) is 10.1 Å². The first-order chi connectivity index (χ1) is 6.77.